The molecule has 3 atom stereocenters. The summed E-state index contributed by atoms with van der Waals surface area (Å²) < 4.78 is 0. The van der Waals surface area contributed by atoms with Crippen molar-refractivity contribution in [2.75, 3.05) is 6.54 Å². The van der Waals surface area contributed by atoms with Crippen LogP contribution in [0.3, 0.4) is 0 Å². The van der Waals surface area contributed by atoms with Gasteiger partial charge < -0.3 is 15.3 Å². The highest BCUT2D eigenvalue weighted by atomic mass is 16.3. The lowest BCUT2D eigenvalue weighted by molar-refractivity contribution is -0.156. The zero-order valence-corrected chi connectivity index (χ0v) is 14.4. The summed E-state index contributed by atoms with van der Waals surface area (Å²) >= 11 is 0. The molecule has 1 saturated carbocycles. The van der Waals surface area contributed by atoms with Crippen LogP contribution in [0.5, 0.6) is 0 Å². The van der Waals surface area contributed by atoms with E-state index < -0.39 is 17.7 Å². The summed E-state index contributed by atoms with van der Waals surface area (Å²) in [6.07, 6.45) is 7.19. The van der Waals surface area contributed by atoms with Crippen LogP contribution in [0.15, 0.2) is 0 Å². The third kappa shape index (κ3) is 3.12. The van der Waals surface area contributed by atoms with Gasteiger partial charge in [-0.3, -0.25) is 9.59 Å². The molecule has 1 aliphatic carbocycles. The zero-order chi connectivity index (χ0) is 16.6. The Labute approximate surface area is 138 Å². The summed E-state index contributed by atoms with van der Waals surface area (Å²) in [6, 6.07) is -0.424. The summed E-state index contributed by atoms with van der Waals surface area (Å²) in [4.78, 5) is 27.5. The number of aliphatic hydroxyl groups excluding tert-OH is 1. The number of aliphatic hydroxyl groups is 1. The van der Waals surface area contributed by atoms with E-state index in [-0.39, 0.29) is 11.8 Å². The molecule has 5 heteroatoms. The van der Waals surface area contributed by atoms with E-state index in [1.807, 2.05) is 0 Å². The topological polar surface area (TPSA) is 69.6 Å². The minimum Gasteiger partial charge on any atom is -0.391 e. The summed E-state index contributed by atoms with van der Waals surface area (Å²) in [5.41, 5.74) is -0.800. The number of hydrogen-bond donors (Lipinski definition) is 2. The van der Waals surface area contributed by atoms with E-state index >= 15 is 0 Å². The van der Waals surface area contributed by atoms with Gasteiger partial charge in [0.25, 0.3) is 0 Å². The van der Waals surface area contributed by atoms with Gasteiger partial charge >= 0.3 is 0 Å². The predicted octanol–water partition coefficient (Wildman–Crippen LogP) is 1.83. The average molecular weight is 322 g/mol. The van der Waals surface area contributed by atoms with Crippen molar-refractivity contribution in [3.8, 4) is 0 Å². The molecule has 2 N–H and O–H groups in total. The van der Waals surface area contributed by atoms with Crippen LogP contribution >= 0.6 is 0 Å². The van der Waals surface area contributed by atoms with E-state index in [1.165, 1.54) is 19.3 Å². The first-order chi connectivity index (χ1) is 10.9. The van der Waals surface area contributed by atoms with Gasteiger partial charge in [0, 0.05) is 13.0 Å². The van der Waals surface area contributed by atoms with Gasteiger partial charge in [0.1, 0.15) is 11.6 Å². The van der Waals surface area contributed by atoms with Gasteiger partial charge in [-0.15, -0.1) is 0 Å². The first-order valence-corrected chi connectivity index (χ1v) is 9.23. The van der Waals surface area contributed by atoms with Crippen LogP contribution in [0.25, 0.3) is 0 Å². The maximum atomic E-state index is 12.9. The zero-order valence-electron chi connectivity index (χ0n) is 14.4. The Bertz CT molecular complexity index is 473. The fourth-order valence-electron chi connectivity index (χ4n) is 4.79. The SMILES string of the molecule is CC(C)CC1NC(=O)C2(CC3CCCCC3)C[C@@H](O)CN2C1=O. The minimum absolute atomic E-state index is 0.00524. The maximum Gasteiger partial charge on any atom is 0.246 e. The second kappa shape index (κ2) is 6.42. The van der Waals surface area contributed by atoms with Crippen molar-refractivity contribution in [2.45, 2.75) is 82.9 Å². The van der Waals surface area contributed by atoms with Crippen LogP contribution < -0.4 is 5.32 Å². The summed E-state index contributed by atoms with van der Waals surface area (Å²) in [6.45, 7) is 4.43. The highest BCUT2D eigenvalue weighted by Crippen LogP contribution is 2.42. The van der Waals surface area contributed by atoms with E-state index in [1.54, 1.807) is 4.90 Å². The van der Waals surface area contributed by atoms with Gasteiger partial charge in [-0.2, -0.15) is 0 Å². The Morgan fingerprint density at radius 3 is 2.61 bits per heavy atom. The van der Waals surface area contributed by atoms with Gasteiger partial charge in [0.05, 0.1) is 6.10 Å². The fourth-order valence-corrected chi connectivity index (χ4v) is 4.79. The molecule has 2 aliphatic heterocycles. The van der Waals surface area contributed by atoms with Crippen molar-refractivity contribution >= 4 is 11.8 Å². The molecule has 2 heterocycles. The molecule has 5 nitrogen and oxygen atoms in total. The van der Waals surface area contributed by atoms with Crippen LogP contribution in [-0.2, 0) is 9.59 Å². The van der Waals surface area contributed by atoms with Crippen molar-refractivity contribution in [3.05, 3.63) is 0 Å². The average Bonchev–Trinajstić information content (AvgIpc) is 2.83. The standard InChI is InChI=1S/C18H30N2O3/c1-12(2)8-15-16(22)20-11-14(21)10-18(20,17(23)19-15)9-13-6-4-3-5-7-13/h12-15,21H,3-11H2,1-2H3,(H,19,23)/t14-,15?,18?/m1/s1. The van der Waals surface area contributed by atoms with Gasteiger partial charge in [0.2, 0.25) is 11.8 Å². The number of β-amino-alcohol motifs (C(OH)–C–C–N with tert-alkyl or cyclic N) is 1. The minimum atomic E-state index is -0.800. The third-order valence-electron chi connectivity index (χ3n) is 5.83. The number of nitrogens with zero attached hydrogens (tertiary/aromatic N) is 1. The van der Waals surface area contributed by atoms with Crippen molar-refractivity contribution in [1.82, 2.24) is 10.2 Å². The van der Waals surface area contributed by atoms with E-state index in [0.717, 1.165) is 19.3 Å². The van der Waals surface area contributed by atoms with Gasteiger partial charge in [-0.1, -0.05) is 46.0 Å². The molecule has 2 unspecified atom stereocenters. The van der Waals surface area contributed by atoms with E-state index in [2.05, 4.69) is 19.2 Å². The number of nitrogens with one attached hydrogen (secondary N) is 1. The van der Waals surface area contributed by atoms with Crippen LogP contribution in [-0.4, -0.2) is 46.1 Å². The van der Waals surface area contributed by atoms with Gasteiger partial charge in [0.15, 0.2) is 0 Å². The van der Waals surface area contributed by atoms with E-state index in [4.69, 9.17) is 0 Å². The molecule has 0 spiro atoms. The smallest absolute Gasteiger partial charge is 0.246 e. The Morgan fingerprint density at radius 2 is 1.96 bits per heavy atom. The first kappa shape index (κ1) is 16.7. The van der Waals surface area contributed by atoms with E-state index in [0.29, 0.717) is 31.2 Å². The number of carbonyl (C=O) groups excluding carboxylic acids is 2. The normalized spacial score (nSPS) is 35.6. The quantitative estimate of drug-likeness (QED) is 0.830. The molecule has 130 valence electrons. The molecule has 23 heavy (non-hydrogen) atoms. The second-order valence-electron chi connectivity index (χ2n) is 8.20. The number of fused-ring (bicyclic) bond motifs is 1. The first-order valence-electron chi connectivity index (χ1n) is 9.23. The Kier molecular flexibility index (Phi) is 4.68. The molecule has 3 rings (SSSR count). The van der Waals surface area contributed by atoms with Gasteiger partial charge in [-0.25, -0.2) is 0 Å². The lowest BCUT2D eigenvalue weighted by Crippen LogP contribution is -2.68. The van der Waals surface area contributed by atoms with Crippen molar-refractivity contribution in [1.29, 1.82) is 0 Å². The lowest BCUT2D eigenvalue weighted by Gasteiger charge is -2.46. The largest absolute Gasteiger partial charge is 0.391 e. The Balaban J connectivity index is 1.82. The number of amides is 2. The summed E-state index contributed by atoms with van der Waals surface area (Å²) in [7, 11) is 0. The number of rotatable bonds is 4. The van der Waals surface area contributed by atoms with Crippen molar-refractivity contribution in [3.63, 3.8) is 0 Å². The fraction of sp³-hybridized carbons (Fsp3) is 0.889. The molecule has 3 fully saturated rings. The van der Waals surface area contributed by atoms with Crippen LogP contribution in [0, 0.1) is 11.8 Å². The van der Waals surface area contributed by atoms with E-state index in [9.17, 15) is 14.7 Å². The maximum absolute atomic E-state index is 12.9. The molecule has 0 radical (unpaired) electrons. The lowest BCUT2D eigenvalue weighted by atomic mass is 9.76. The molecule has 0 aromatic heterocycles. The second-order valence-corrected chi connectivity index (χ2v) is 8.20. The Hall–Kier alpha value is -1.10. The van der Waals surface area contributed by atoms with Crippen molar-refractivity contribution in [2.24, 2.45) is 11.8 Å². The highest BCUT2D eigenvalue weighted by Gasteiger charge is 2.57. The molecular formula is C18H30N2O3. The van der Waals surface area contributed by atoms with Crippen LogP contribution in [0.2, 0.25) is 0 Å². The number of hydrogen-bond acceptors (Lipinski definition) is 3. The molecule has 0 aromatic carbocycles. The number of carbonyl (C=O) groups is 2. The molecule has 0 bridgehead atoms. The Morgan fingerprint density at radius 1 is 1.26 bits per heavy atom. The predicted molar refractivity (Wildman–Crippen MR) is 87.6 cm³/mol. The molecule has 0 aromatic rings. The van der Waals surface area contributed by atoms with Crippen molar-refractivity contribution < 1.29 is 14.7 Å². The molecule has 3 aliphatic rings. The van der Waals surface area contributed by atoms with Crippen LogP contribution in [0.4, 0.5) is 0 Å². The highest BCUT2D eigenvalue weighted by molar-refractivity contribution is 6.00. The van der Waals surface area contributed by atoms with Gasteiger partial charge in [-0.05, 0) is 24.7 Å². The monoisotopic (exact) mass is 322 g/mol. The summed E-state index contributed by atoms with van der Waals surface area (Å²) in [5.74, 6) is 0.815. The summed E-state index contributed by atoms with van der Waals surface area (Å²) in [5, 5.41) is 13.2. The molecule has 2 saturated heterocycles. The van der Waals surface area contributed by atoms with Crippen LogP contribution in [0.1, 0.15) is 65.2 Å². The number of piperazine rings is 1. The molecule has 2 amide bonds. The third-order valence-corrected chi connectivity index (χ3v) is 5.83. The molecular weight excluding hydrogens is 292 g/mol.